The summed E-state index contributed by atoms with van der Waals surface area (Å²) in [5.74, 6) is 1.86. The van der Waals surface area contributed by atoms with Gasteiger partial charge >= 0.3 is 0 Å². The number of aryl methyl sites for hydroxylation is 1. The topological polar surface area (TPSA) is 66.7 Å². The Kier molecular flexibility index (Phi) is 4.42. The average Bonchev–Trinajstić information content (AvgIpc) is 3.19. The summed E-state index contributed by atoms with van der Waals surface area (Å²) in [6, 6.07) is -0.390. The Hall–Kier alpha value is -1.50. The summed E-state index contributed by atoms with van der Waals surface area (Å²) < 4.78 is 5.33. The summed E-state index contributed by atoms with van der Waals surface area (Å²) in [7, 11) is 1.77. The van der Waals surface area contributed by atoms with Crippen LogP contribution in [0.1, 0.15) is 41.6 Å². The van der Waals surface area contributed by atoms with E-state index >= 15 is 0 Å². The van der Waals surface area contributed by atoms with Gasteiger partial charge in [-0.1, -0.05) is 5.16 Å². The van der Waals surface area contributed by atoms with E-state index in [1.807, 2.05) is 6.92 Å². The second-order valence-electron chi connectivity index (χ2n) is 5.78. The third kappa shape index (κ3) is 2.62. The van der Waals surface area contributed by atoms with Crippen LogP contribution in [0, 0.1) is 0 Å². The van der Waals surface area contributed by atoms with Gasteiger partial charge in [-0.15, -0.1) is 11.8 Å². The molecule has 1 atom stereocenters. The fourth-order valence-electron chi connectivity index (χ4n) is 2.95. The predicted octanol–water partition coefficient (Wildman–Crippen LogP) is 1.55. The van der Waals surface area contributed by atoms with Gasteiger partial charge in [0.15, 0.2) is 5.69 Å². The third-order valence-electron chi connectivity index (χ3n) is 4.43. The van der Waals surface area contributed by atoms with Crippen LogP contribution < -0.4 is 0 Å². The molecular weight excluding hydrogens is 302 g/mol. The first-order valence-electron chi connectivity index (χ1n) is 7.74. The molecule has 1 saturated heterocycles. The molecule has 1 aromatic heterocycles. The lowest BCUT2D eigenvalue weighted by atomic mass is 9.96. The molecule has 0 saturated carbocycles. The molecule has 0 unspecified atom stereocenters. The van der Waals surface area contributed by atoms with Crippen LogP contribution >= 0.6 is 11.8 Å². The zero-order valence-corrected chi connectivity index (χ0v) is 13.8. The lowest BCUT2D eigenvalue weighted by Crippen LogP contribution is -2.48. The van der Waals surface area contributed by atoms with Gasteiger partial charge in [-0.3, -0.25) is 9.59 Å². The molecule has 2 aliphatic rings. The van der Waals surface area contributed by atoms with E-state index in [1.165, 1.54) is 0 Å². The summed E-state index contributed by atoms with van der Waals surface area (Å²) >= 11 is 1.61. The van der Waals surface area contributed by atoms with Gasteiger partial charge in [-0.05, 0) is 26.2 Å². The van der Waals surface area contributed by atoms with Gasteiger partial charge in [0.05, 0.1) is 5.88 Å². The van der Waals surface area contributed by atoms with Crippen LogP contribution in [0.25, 0.3) is 0 Å². The molecule has 2 amide bonds. The molecule has 1 aromatic rings. The molecule has 0 aromatic carbocycles. The number of fused-ring (bicyclic) bond motifs is 1. The van der Waals surface area contributed by atoms with Gasteiger partial charge in [-0.25, -0.2) is 0 Å². The smallest absolute Gasteiger partial charge is 0.277 e. The minimum atomic E-state index is -0.390. The van der Waals surface area contributed by atoms with E-state index in [0.29, 0.717) is 23.9 Å². The van der Waals surface area contributed by atoms with E-state index in [9.17, 15) is 9.59 Å². The van der Waals surface area contributed by atoms with Gasteiger partial charge < -0.3 is 14.3 Å². The van der Waals surface area contributed by atoms with Crippen LogP contribution in [0.2, 0.25) is 0 Å². The molecule has 1 fully saturated rings. The first-order chi connectivity index (χ1) is 10.6. The normalized spacial score (nSPS) is 20.8. The molecule has 120 valence electrons. The summed E-state index contributed by atoms with van der Waals surface area (Å²) in [5.41, 5.74) is 1.36. The number of carbonyl (C=O) groups is 2. The lowest BCUT2D eigenvalue weighted by Gasteiger charge is -2.26. The first-order valence-corrected chi connectivity index (χ1v) is 8.90. The number of thioether (sulfide) groups is 1. The Bertz CT molecular complexity index is 587. The molecule has 6 nitrogen and oxygen atoms in total. The van der Waals surface area contributed by atoms with Crippen LogP contribution in [0.3, 0.4) is 0 Å². The minimum Gasteiger partial charge on any atom is -0.360 e. The predicted molar refractivity (Wildman–Crippen MR) is 83.7 cm³/mol. The largest absolute Gasteiger partial charge is 0.360 e. The highest BCUT2D eigenvalue weighted by Gasteiger charge is 2.38. The standard InChI is InChI=1S/C15H21N3O3S/c1-3-17(2)14(19)11-8-22-9-18(11)15(20)13-10-6-4-5-7-12(10)21-16-13/h11H,3-9H2,1-2H3/t11-/m0/s1. The molecule has 0 N–H and O–H groups in total. The van der Waals surface area contributed by atoms with E-state index in [2.05, 4.69) is 5.16 Å². The number of nitrogens with zero attached hydrogens (tertiary/aromatic N) is 3. The Morgan fingerprint density at radius 2 is 2.18 bits per heavy atom. The summed E-state index contributed by atoms with van der Waals surface area (Å²) in [6.45, 7) is 2.57. The maximum absolute atomic E-state index is 12.8. The molecular formula is C15H21N3O3S. The van der Waals surface area contributed by atoms with Gasteiger partial charge in [-0.2, -0.15) is 0 Å². The van der Waals surface area contributed by atoms with Crippen molar-refractivity contribution in [1.29, 1.82) is 0 Å². The van der Waals surface area contributed by atoms with E-state index < -0.39 is 6.04 Å². The highest BCUT2D eigenvalue weighted by Crippen LogP contribution is 2.29. The zero-order chi connectivity index (χ0) is 15.7. The van der Waals surface area contributed by atoms with Crippen molar-refractivity contribution in [3.05, 3.63) is 17.0 Å². The minimum absolute atomic E-state index is 0.00166. The summed E-state index contributed by atoms with van der Waals surface area (Å²) in [6.07, 6.45) is 3.83. The van der Waals surface area contributed by atoms with E-state index in [-0.39, 0.29) is 11.8 Å². The molecule has 3 rings (SSSR count). The fourth-order valence-corrected chi connectivity index (χ4v) is 4.09. The highest BCUT2D eigenvalue weighted by molar-refractivity contribution is 7.99. The Morgan fingerprint density at radius 3 is 2.95 bits per heavy atom. The van der Waals surface area contributed by atoms with Gasteiger partial charge in [0, 0.05) is 31.3 Å². The van der Waals surface area contributed by atoms with Crippen molar-refractivity contribution in [2.75, 3.05) is 25.2 Å². The van der Waals surface area contributed by atoms with Gasteiger partial charge in [0.2, 0.25) is 5.91 Å². The van der Waals surface area contributed by atoms with Gasteiger partial charge in [0.1, 0.15) is 11.8 Å². The SMILES string of the molecule is CCN(C)C(=O)[C@@H]1CSCN1C(=O)c1noc2c1CCCC2. The maximum Gasteiger partial charge on any atom is 0.277 e. The van der Waals surface area contributed by atoms with Crippen LogP contribution in [0.5, 0.6) is 0 Å². The lowest BCUT2D eigenvalue weighted by molar-refractivity contribution is -0.133. The quantitative estimate of drug-likeness (QED) is 0.844. The molecule has 0 spiro atoms. The second kappa shape index (κ2) is 6.32. The third-order valence-corrected chi connectivity index (χ3v) is 5.44. The molecule has 22 heavy (non-hydrogen) atoms. The zero-order valence-electron chi connectivity index (χ0n) is 13.0. The number of hydrogen-bond acceptors (Lipinski definition) is 5. The Morgan fingerprint density at radius 1 is 1.41 bits per heavy atom. The Balaban J connectivity index is 1.82. The number of likely N-dealkylation sites (N-methyl/N-ethyl adjacent to an activating group) is 1. The molecule has 0 bridgehead atoms. The molecule has 2 heterocycles. The summed E-state index contributed by atoms with van der Waals surface area (Å²) in [4.78, 5) is 28.6. The number of carbonyl (C=O) groups excluding carboxylic acids is 2. The van der Waals surface area contributed by atoms with Crippen molar-refractivity contribution in [2.45, 2.75) is 38.6 Å². The van der Waals surface area contributed by atoms with Gasteiger partial charge in [0.25, 0.3) is 5.91 Å². The number of hydrogen-bond donors (Lipinski definition) is 0. The number of aromatic nitrogens is 1. The monoisotopic (exact) mass is 323 g/mol. The van der Waals surface area contributed by atoms with Crippen molar-refractivity contribution >= 4 is 23.6 Å². The van der Waals surface area contributed by atoms with Crippen molar-refractivity contribution in [3.8, 4) is 0 Å². The van der Waals surface area contributed by atoms with E-state index in [1.54, 1.807) is 28.6 Å². The average molecular weight is 323 g/mol. The van der Waals surface area contributed by atoms with Crippen LogP contribution in [-0.4, -0.2) is 58.0 Å². The second-order valence-corrected chi connectivity index (χ2v) is 6.78. The van der Waals surface area contributed by atoms with E-state index in [4.69, 9.17) is 4.52 Å². The number of amides is 2. The maximum atomic E-state index is 12.8. The Labute approximate surface area is 134 Å². The first kappa shape index (κ1) is 15.4. The van der Waals surface area contributed by atoms with Crippen molar-refractivity contribution in [2.24, 2.45) is 0 Å². The van der Waals surface area contributed by atoms with Crippen LogP contribution in [0.15, 0.2) is 4.52 Å². The van der Waals surface area contributed by atoms with Crippen LogP contribution in [-0.2, 0) is 17.6 Å². The molecule has 7 heteroatoms. The summed E-state index contributed by atoms with van der Waals surface area (Å²) in [5, 5.41) is 4.00. The van der Waals surface area contributed by atoms with E-state index in [0.717, 1.165) is 37.0 Å². The fraction of sp³-hybridized carbons (Fsp3) is 0.667. The highest BCUT2D eigenvalue weighted by atomic mass is 32.2. The van der Waals surface area contributed by atoms with Crippen molar-refractivity contribution in [3.63, 3.8) is 0 Å². The van der Waals surface area contributed by atoms with Crippen LogP contribution in [0.4, 0.5) is 0 Å². The number of rotatable bonds is 3. The van der Waals surface area contributed by atoms with Crippen molar-refractivity contribution < 1.29 is 14.1 Å². The molecule has 1 aliphatic carbocycles. The van der Waals surface area contributed by atoms with Crippen molar-refractivity contribution in [1.82, 2.24) is 15.0 Å². The molecule has 1 aliphatic heterocycles. The molecule has 0 radical (unpaired) electrons.